The lowest BCUT2D eigenvalue weighted by molar-refractivity contribution is -0.119. The Kier molecular flexibility index (Phi) is 4.91. The fourth-order valence-corrected chi connectivity index (χ4v) is 1.09. The second kappa shape index (κ2) is 6.22. The predicted molar refractivity (Wildman–Crippen MR) is 58.8 cm³/mol. The monoisotopic (exact) mass is 246 g/mol. The third-order valence-corrected chi connectivity index (χ3v) is 1.89. The van der Waals surface area contributed by atoms with Crippen molar-refractivity contribution in [1.82, 2.24) is 15.3 Å². The highest BCUT2D eigenvalue weighted by atomic mass is 35.5. The zero-order chi connectivity index (χ0) is 12.0. The molecule has 7 heteroatoms. The summed E-state index contributed by atoms with van der Waals surface area (Å²) >= 11 is 5.49. The van der Waals surface area contributed by atoms with Crippen LogP contribution in [0.2, 0.25) is 5.28 Å². The van der Waals surface area contributed by atoms with Crippen molar-refractivity contribution in [3.63, 3.8) is 0 Å². The van der Waals surface area contributed by atoms with E-state index in [1.165, 1.54) is 0 Å². The summed E-state index contributed by atoms with van der Waals surface area (Å²) < 4.78 is 13.1. The Bertz CT molecular complexity index is 375. The summed E-state index contributed by atoms with van der Waals surface area (Å²) in [6.07, 6.45) is 1.79. The van der Waals surface area contributed by atoms with Crippen molar-refractivity contribution < 1.29 is 9.18 Å². The molecule has 5 nitrogen and oxygen atoms in total. The van der Waals surface area contributed by atoms with Crippen LogP contribution in [0.4, 0.5) is 10.2 Å². The standard InChI is InChI=1S/C9H12ClFN4O/c1-2-3-12-7(16)5-13-8-6(11)4-14-9(10)15-8/h4H,2-3,5H2,1H3,(H,12,16)(H,13,14,15). The molecule has 0 aliphatic rings. The van der Waals surface area contributed by atoms with E-state index in [0.717, 1.165) is 12.6 Å². The molecule has 0 atom stereocenters. The largest absolute Gasteiger partial charge is 0.358 e. The molecule has 0 spiro atoms. The molecule has 0 aliphatic carbocycles. The van der Waals surface area contributed by atoms with Gasteiger partial charge in [-0.15, -0.1) is 0 Å². The highest BCUT2D eigenvalue weighted by Crippen LogP contribution is 2.11. The van der Waals surface area contributed by atoms with Gasteiger partial charge in [0.1, 0.15) is 0 Å². The summed E-state index contributed by atoms with van der Waals surface area (Å²) in [6, 6.07) is 0. The fraction of sp³-hybridized carbons (Fsp3) is 0.444. The number of anilines is 1. The first-order valence-electron chi connectivity index (χ1n) is 4.82. The summed E-state index contributed by atoms with van der Waals surface area (Å²) in [5, 5.41) is 5.10. The van der Waals surface area contributed by atoms with Gasteiger partial charge in [0.2, 0.25) is 11.2 Å². The minimum absolute atomic E-state index is 0.0513. The van der Waals surface area contributed by atoms with Gasteiger partial charge >= 0.3 is 0 Å². The van der Waals surface area contributed by atoms with Gasteiger partial charge in [-0.2, -0.15) is 4.98 Å². The molecule has 0 saturated carbocycles. The molecule has 0 radical (unpaired) electrons. The third-order valence-electron chi connectivity index (χ3n) is 1.70. The van der Waals surface area contributed by atoms with Crippen molar-refractivity contribution in [2.24, 2.45) is 0 Å². The van der Waals surface area contributed by atoms with E-state index in [-0.39, 0.29) is 23.6 Å². The van der Waals surface area contributed by atoms with Crippen LogP contribution in [0.3, 0.4) is 0 Å². The highest BCUT2D eigenvalue weighted by molar-refractivity contribution is 6.28. The van der Waals surface area contributed by atoms with E-state index in [2.05, 4.69) is 20.6 Å². The maximum Gasteiger partial charge on any atom is 0.239 e. The lowest BCUT2D eigenvalue weighted by Gasteiger charge is -2.06. The van der Waals surface area contributed by atoms with Crippen molar-refractivity contribution in [2.75, 3.05) is 18.4 Å². The first-order chi connectivity index (χ1) is 7.63. The van der Waals surface area contributed by atoms with Crippen LogP contribution in [0.25, 0.3) is 0 Å². The maximum absolute atomic E-state index is 13.1. The second-order valence-corrected chi connectivity index (χ2v) is 3.38. The van der Waals surface area contributed by atoms with Gasteiger partial charge < -0.3 is 10.6 Å². The molecule has 0 saturated heterocycles. The van der Waals surface area contributed by atoms with Gasteiger partial charge in [-0.1, -0.05) is 6.92 Å². The van der Waals surface area contributed by atoms with Gasteiger partial charge in [-0.3, -0.25) is 4.79 Å². The molecular weight excluding hydrogens is 235 g/mol. The molecule has 0 aromatic carbocycles. The van der Waals surface area contributed by atoms with E-state index >= 15 is 0 Å². The molecule has 16 heavy (non-hydrogen) atoms. The number of halogens is 2. The first kappa shape index (κ1) is 12.6. The quantitative estimate of drug-likeness (QED) is 0.767. The maximum atomic E-state index is 13.1. The molecule has 1 amide bonds. The van der Waals surface area contributed by atoms with Crippen molar-refractivity contribution in [2.45, 2.75) is 13.3 Å². The van der Waals surface area contributed by atoms with Gasteiger partial charge in [-0.05, 0) is 18.0 Å². The van der Waals surface area contributed by atoms with Crippen LogP contribution >= 0.6 is 11.6 Å². The Morgan fingerprint density at radius 3 is 3.06 bits per heavy atom. The average molecular weight is 247 g/mol. The van der Waals surface area contributed by atoms with Crippen LogP contribution in [0, 0.1) is 5.82 Å². The van der Waals surface area contributed by atoms with Crippen molar-refractivity contribution in [3.05, 3.63) is 17.3 Å². The van der Waals surface area contributed by atoms with Crippen LogP contribution in [0.15, 0.2) is 6.20 Å². The lowest BCUT2D eigenvalue weighted by atomic mass is 10.4. The summed E-state index contributed by atoms with van der Waals surface area (Å²) in [6.45, 7) is 2.48. The van der Waals surface area contributed by atoms with Crippen LogP contribution in [0.1, 0.15) is 13.3 Å². The molecule has 1 aromatic rings. The Hall–Kier alpha value is -1.43. The summed E-state index contributed by atoms with van der Waals surface area (Å²) in [5.41, 5.74) is 0. The molecule has 2 N–H and O–H groups in total. The smallest absolute Gasteiger partial charge is 0.239 e. The minimum atomic E-state index is -0.646. The molecule has 1 heterocycles. The molecular formula is C9H12ClFN4O. The molecule has 0 aliphatic heterocycles. The van der Waals surface area contributed by atoms with E-state index in [0.29, 0.717) is 6.54 Å². The van der Waals surface area contributed by atoms with Gasteiger partial charge in [-0.25, -0.2) is 9.37 Å². The van der Waals surface area contributed by atoms with E-state index in [1.54, 1.807) is 0 Å². The molecule has 0 bridgehead atoms. The normalized spacial score (nSPS) is 9.94. The molecule has 88 valence electrons. The SMILES string of the molecule is CCCNC(=O)CNc1nc(Cl)ncc1F. The van der Waals surface area contributed by atoms with Gasteiger partial charge in [0.15, 0.2) is 11.6 Å². The Morgan fingerprint density at radius 1 is 1.62 bits per heavy atom. The van der Waals surface area contributed by atoms with E-state index in [9.17, 15) is 9.18 Å². The molecule has 1 rings (SSSR count). The Labute approximate surface area is 97.4 Å². The number of amides is 1. The fourth-order valence-electron chi connectivity index (χ4n) is 0.960. The Morgan fingerprint density at radius 2 is 2.38 bits per heavy atom. The number of aromatic nitrogens is 2. The van der Waals surface area contributed by atoms with Crippen LogP contribution in [-0.4, -0.2) is 29.0 Å². The van der Waals surface area contributed by atoms with Gasteiger partial charge in [0.25, 0.3) is 0 Å². The van der Waals surface area contributed by atoms with E-state index in [1.807, 2.05) is 6.92 Å². The van der Waals surface area contributed by atoms with Crippen LogP contribution in [-0.2, 0) is 4.79 Å². The zero-order valence-corrected chi connectivity index (χ0v) is 9.51. The van der Waals surface area contributed by atoms with Crippen molar-refractivity contribution in [3.8, 4) is 0 Å². The van der Waals surface area contributed by atoms with Crippen LogP contribution in [0.5, 0.6) is 0 Å². The first-order valence-corrected chi connectivity index (χ1v) is 5.20. The average Bonchev–Trinajstić information content (AvgIpc) is 2.27. The minimum Gasteiger partial charge on any atom is -0.358 e. The molecule has 1 aromatic heterocycles. The van der Waals surface area contributed by atoms with Gasteiger partial charge in [0.05, 0.1) is 12.7 Å². The number of nitrogens with zero attached hydrogens (tertiary/aromatic N) is 2. The summed E-state index contributed by atoms with van der Waals surface area (Å²) in [4.78, 5) is 18.3. The third kappa shape index (κ3) is 3.98. The number of hydrogen-bond acceptors (Lipinski definition) is 4. The molecule has 0 unspecified atom stereocenters. The Balaban J connectivity index is 2.47. The topological polar surface area (TPSA) is 66.9 Å². The highest BCUT2D eigenvalue weighted by Gasteiger charge is 2.07. The van der Waals surface area contributed by atoms with E-state index in [4.69, 9.17) is 11.6 Å². The number of rotatable bonds is 5. The van der Waals surface area contributed by atoms with Crippen molar-refractivity contribution >= 4 is 23.3 Å². The van der Waals surface area contributed by atoms with Crippen molar-refractivity contribution in [1.29, 1.82) is 0 Å². The van der Waals surface area contributed by atoms with Gasteiger partial charge in [0, 0.05) is 6.54 Å². The second-order valence-electron chi connectivity index (χ2n) is 3.04. The number of carbonyl (C=O) groups is 1. The van der Waals surface area contributed by atoms with E-state index < -0.39 is 5.82 Å². The number of nitrogens with one attached hydrogen (secondary N) is 2. The van der Waals surface area contributed by atoms with Crippen LogP contribution < -0.4 is 10.6 Å². The summed E-state index contributed by atoms with van der Waals surface area (Å²) in [5.74, 6) is -0.949. The predicted octanol–water partition coefficient (Wildman–Crippen LogP) is 1.21. The summed E-state index contributed by atoms with van der Waals surface area (Å²) in [7, 11) is 0. The lowest BCUT2D eigenvalue weighted by Crippen LogP contribution is -2.30. The number of carbonyl (C=O) groups excluding carboxylic acids is 1. The number of hydrogen-bond donors (Lipinski definition) is 2. The molecule has 0 fully saturated rings. The zero-order valence-electron chi connectivity index (χ0n) is 8.76.